The van der Waals surface area contributed by atoms with Crippen molar-refractivity contribution in [1.82, 2.24) is 15.5 Å². The summed E-state index contributed by atoms with van der Waals surface area (Å²) < 4.78 is 65.2. The maximum absolute atomic E-state index is 13.7. The molecule has 294 valence electrons. The van der Waals surface area contributed by atoms with Gasteiger partial charge in [-0.3, -0.25) is 4.79 Å². The molecule has 1 aromatic rings. The second-order valence-corrected chi connectivity index (χ2v) is 21.1. The molecule has 1 saturated heterocycles. The molecule has 0 bridgehead atoms. The van der Waals surface area contributed by atoms with E-state index in [4.69, 9.17) is 0 Å². The average Bonchev–Trinajstić information content (AvgIpc) is 3.43. The number of aromatic carboxylic acids is 1. The second-order valence-electron chi connectivity index (χ2n) is 18.8. The van der Waals surface area contributed by atoms with Crippen molar-refractivity contribution in [1.29, 1.82) is 0 Å². The predicted octanol–water partition coefficient (Wildman–Crippen LogP) is 6.96. The Morgan fingerprint density at radius 1 is 0.887 bits per heavy atom. The Hall–Kier alpha value is -2.44. The lowest BCUT2D eigenvalue weighted by molar-refractivity contribution is -0.219. The predicted molar refractivity (Wildman–Crippen MR) is 199 cm³/mol. The van der Waals surface area contributed by atoms with Crippen LogP contribution >= 0.6 is 0 Å². The SMILES string of the molecule is CC1(C)C(c2ccc(C(=O)O)cc2)=CC[C@]2(C)[C@H]3CC[C@@H]4[C@H]5[C@H](NC(=O)C(F)(F)F)CC[C@]5(NCCN5CCS(=O)(=O)CC5)CC[C@@]4(C)[C@]3(C)CC[C@@H]12. The largest absolute Gasteiger partial charge is 0.478 e. The van der Waals surface area contributed by atoms with E-state index < -0.39 is 33.9 Å². The molecular weight excluding hydrogens is 704 g/mol. The van der Waals surface area contributed by atoms with Crippen LogP contribution in [0, 0.1) is 45.3 Å². The zero-order valence-corrected chi connectivity index (χ0v) is 32.8. The Morgan fingerprint density at radius 3 is 2.21 bits per heavy atom. The van der Waals surface area contributed by atoms with Crippen LogP contribution in [0.2, 0.25) is 0 Å². The molecule has 1 amide bonds. The number of rotatable bonds is 7. The number of halogens is 3. The van der Waals surface area contributed by atoms with Crippen LogP contribution in [0.3, 0.4) is 0 Å². The summed E-state index contributed by atoms with van der Waals surface area (Å²) in [6, 6.07) is 6.68. The van der Waals surface area contributed by atoms with E-state index in [9.17, 15) is 36.3 Å². The number of sulfone groups is 1. The van der Waals surface area contributed by atoms with Crippen molar-refractivity contribution >= 4 is 27.3 Å². The van der Waals surface area contributed by atoms with E-state index in [1.165, 1.54) is 5.57 Å². The zero-order chi connectivity index (χ0) is 38.4. The van der Waals surface area contributed by atoms with Gasteiger partial charge >= 0.3 is 18.1 Å². The van der Waals surface area contributed by atoms with Crippen molar-refractivity contribution in [2.75, 3.05) is 37.7 Å². The highest BCUT2D eigenvalue weighted by molar-refractivity contribution is 7.91. The molecule has 7 rings (SSSR count). The van der Waals surface area contributed by atoms with E-state index >= 15 is 0 Å². The van der Waals surface area contributed by atoms with Crippen LogP contribution in [0.15, 0.2) is 30.3 Å². The first-order valence-electron chi connectivity index (χ1n) is 19.8. The summed E-state index contributed by atoms with van der Waals surface area (Å²) in [4.78, 5) is 26.2. The van der Waals surface area contributed by atoms with Crippen molar-refractivity contribution in [3.63, 3.8) is 0 Å². The zero-order valence-electron chi connectivity index (χ0n) is 31.9. The van der Waals surface area contributed by atoms with Gasteiger partial charge in [0.1, 0.15) is 0 Å². The standard InChI is InChI=1S/C41H58F3N3O5S/c1-36(2)28(26-6-8-27(9-7-26)34(48)49)12-15-37(3)31(36)14-16-39(5)32(37)11-10-29-33-30(46-35(50)41(42,43)44)13-17-40(33,19-18-38(29,39)4)45-20-21-47-22-24-53(51,52)25-23-47/h6-9,12,29-33,45H,10-11,13-25H2,1-5H3,(H,46,50)(H,48,49)/t29-,30-,31+,32-,33+,37+,38-,39-,40+/m1/s1. The number of carboxylic acids is 1. The summed E-state index contributed by atoms with van der Waals surface area (Å²) >= 11 is 0. The van der Waals surface area contributed by atoms with Gasteiger partial charge in [0.2, 0.25) is 0 Å². The van der Waals surface area contributed by atoms with Crippen LogP contribution in [0.25, 0.3) is 5.57 Å². The normalized spacial score (nSPS) is 40.5. The van der Waals surface area contributed by atoms with Crippen molar-refractivity contribution in [3.05, 3.63) is 41.5 Å². The Kier molecular flexibility index (Phi) is 9.57. The fourth-order valence-corrected chi connectivity index (χ4v) is 14.9. The van der Waals surface area contributed by atoms with Crippen LogP contribution in [0.4, 0.5) is 13.2 Å². The highest BCUT2D eigenvalue weighted by atomic mass is 32.2. The number of amides is 1. The number of nitrogens with zero attached hydrogens (tertiary/aromatic N) is 1. The Morgan fingerprint density at radius 2 is 1.57 bits per heavy atom. The van der Waals surface area contributed by atoms with Gasteiger partial charge in [-0.1, -0.05) is 52.8 Å². The first-order valence-corrected chi connectivity index (χ1v) is 21.6. The van der Waals surface area contributed by atoms with Crippen molar-refractivity contribution in [2.24, 2.45) is 45.3 Å². The van der Waals surface area contributed by atoms with Crippen LogP contribution < -0.4 is 10.6 Å². The quantitative estimate of drug-likeness (QED) is 0.275. The number of hydrogen-bond acceptors (Lipinski definition) is 6. The molecule has 0 aromatic heterocycles. The Bertz CT molecular complexity index is 1750. The van der Waals surface area contributed by atoms with Gasteiger partial charge < -0.3 is 20.6 Å². The average molecular weight is 762 g/mol. The van der Waals surface area contributed by atoms with Gasteiger partial charge in [-0.25, -0.2) is 13.2 Å². The van der Waals surface area contributed by atoms with Crippen LogP contribution in [0.5, 0.6) is 0 Å². The lowest BCUT2D eigenvalue weighted by atomic mass is 9.33. The van der Waals surface area contributed by atoms with E-state index in [1.807, 2.05) is 12.1 Å². The van der Waals surface area contributed by atoms with E-state index in [0.29, 0.717) is 50.9 Å². The number of benzene rings is 1. The minimum absolute atomic E-state index is 0.0171. The Balaban J connectivity index is 1.17. The van der Waals surface area contributed by atoms with Gasteiger partial charge in [0.15, 0.2) is 9.84 Å². The molecule has 0 radical (unpaired) electrons. The molecule has 12 heteroatoms. The fourth-order valence-electron chi connectivity index (χ4n) is 13.6. The number of carbonyl (C=O) groups excluding carboxylic acids is 1. The smallest absolute Gasteiger partial charge is 0.471 e. The molecule has 1 aliphatic heterocycles. The highest BCUT2D eigenvalue weighted by Gasteiger charge is 2.70. The maximum Gasteiger partial charge on any atom is 0.471 e. The van der Waals surface area contributed by atoms with Crippen molar-refractivity contribution < 1.29 is 36.3 Å². The summed E-state index contributed by atoms with van der Waals surface area (Å²) in [6.45, 7) is 14.4. The number of hydrogen-bond donors (Lipinski definition) is 3. The molecule has 3 N–H and O–H groups in total. The molecule has 4 saturated carbocycles. The molecule has 9 atom stereocenters. The van der Waals surface area contributed by atoms with E-state index in [2.05, 4.69) is 56.2 Å². The fraction of sp³-hybridized carbons (Fsp3) is 0.756. The van der Waals surface area contributed by atoms with E-state index in [0.717, 1.165) is 50.5 Å². The monoisotopic (exact) mass is 761 g/mol. The number of carboxylic acid groups (broad SMARTS) is 1. The summed E-state index contributed by atoms with van der Waals surface area (Å²) in [7, 11) is -3.00. The van der Waals surface area contributed by atoms with Gasteiger partial charge in [-0.05, 0) is 120 Å². The third kappa shape index (κ3) is 6.28. The van der Waals surface area contributed by atoms with Gasteiger partial charge in [0.25, 0.3) is 0 Å². The van der Waals surface area contributed by atoms with Gasteiger partial charge in [-0.15, -0.1) is 0 Å². The summed E-state index contributed by atoms with van der Waals surface area (Å²) in [5.41, 5.74) is 1.93. The van der Waals surface area contributed by atoms with Gasteiger partial charge in [0.05, 0.1) is 17.1 Å². The molecule has 0 unspecified atom stereocenters. The Labute approximate surface area is 313 Å². The maximum atomic E-state index is 13.7. The summed E-state index contributed by atoms with van der Waals surface area (Å²) in [5, 5.41) is 15.8. The highest BCUT2D eigenvalue weighted by Crippen LogP contribution is 2.76. The number of carbonyl (C=O) groups is 2. The molecule has 1 aromatic carbocycles. The lowest BCUT2D eigenvalue weighted by Crippen LogP contribution is -2.69. The van der Waals surface area contributed by atoms with Crippen LogP contribution in [-0.2, 0) is 14.6 Å². The first kappa shape index (κ1) is 38.8. The van der Waals surface area contributed by atoms with Crippen molar-refractivity contribution in [3.8, 4) is 0 Å². The number of allylic oxidation sites excluding steroid dienone is 2. The topological polar surface area (TPSA) is 116 Å². The second kappa shape index (κ2) is 13.1. The number of nitrogens with one attached hydrogen (secondary N) is 2. The lowest BCUT2D eigenvalue weighted by Gasteiger charge is -2.72. The first-order chi connectivity index (χ1) is 24.7. The third-order valence-electron chi connectivity index (χ3n) is 16.4. The molecule has 1 heterocycles. The minimum Gasteiger partial charge on any atom is -0.478 e. The summed E-state index contributed by atoms with van der Waals surface area (Å²) in [6.07, 6.45) is 5.36. The number of fused-ring (bicyclic) bond motifs is 7. The van der Waals surface area contributed by atoms with E-state index in [1.54, 1.807) is 12.1 Å². The molecule has 6 aliphatic rings. The van der Waals surface area contributed by atoms with Crippen LogP contribution in [0.1, 0.15) is 108 Å². The van der Waals surface area contributed by atoms with Gasteiger partial charge in [0, 0.05) is 43.7 Å². The minimum atomic E-state index is -4.94. The summed E-state index contributed by atoms with van der Waals surface area (Å²) in [5.74, 6) is -1.65. The molecular formula is C41H58F3N3O5S. The molecule has 5 aliphatic carbocycles. The van der Waals surface area contributed by atoms with Gasteiger partial charge in [-0.2, -0.15) is 13.2 Å². The molecule has 0 spiro atoms. The molecule has 8 nitrogen and oxygen atoms in total. The molecule has 5 fully saturated rings. The van der Waals surface area contributed by atoms with E-state index in [-0.39, 0.29) is 56.1 Å². The van der Waals surface area contributed by atoms with Crippen molar-refractivity contribution in [2.45, 2.75) is 110 Å². The van der Waals surface area contributed by atoms with Crippen LogP contribution in [-0.4, -0.2) is 85.7 Å². The third-order valence-corrected chi connectivity index (χ3v) is 18.0. The number of alkyl halides is 3. The molecule has 53 heavy (non-hydrogen) atoms.